The zero-order valence-electron chi connectivity index (χ0n) is 9.87. The molecule has 0 spiro atoms. The summed E-state index contributed by atoms with van der Waals surface area (Å²) in [5.74, 6) is 0.954. The Labute approximate surface area is 112 Å². The smallest absolute Gasteiger partial charge is 0.311 e. The number of nitrogen functional groups attached to an aromatic ring is 1. The molecule has 0 unspecified atom stereocenters. The second-order valence-corrected chi connectivity index (χ2v) is 5.19. The van der Waals surface area contributed by atoms with E-state index >= 15 is 0 Å². The number of hydrogen-bond donors (Lipinski definition) is 2. The van der Waals surface area contributed by atoms with E-state index in [2.05, 4.69) is 15.3 Å². The van der Waals surface area contributed by atoms with Gasteiger partial charge in [-0.2, -0.15) is 0 Å². The van der Waals surface area contributed by atoms with Crippen molar-refractivity contribution in [3.63, 3.8) is 0 Å². The summed E-state index contributed by atoms with van der Waals surface area (Å²) < 4.78 is 0. The molecule has 0 saturated heterocycles. The molecule has 0 aromatic carbocycles. The van der Waals surface area contributed by atoms with Crippen LogP contribution in [0.5, 0.6) is 0 Å². The van der Waals surface area contributed by atoms with Crippen LogP contribution >= 0.6 is 11.3 Å². The maximum absolute atomic E-state index is 10.6. The van der Waals surface area contributed by atoms with Gasteiger partial charge in [-0.05, 0) is 18.9 Å². The van der Waals surface area contributed by atoms with E-state index in [1.165, 1.54) is 36.3 Å². The fraction of sp³-hybridized carbons (Fsp3) is 0.273. The van der Waals surface area contributed by atoms with E-state index in [9.17, 15) is 10.1 Å². The number of aromatic nitrogens is 2. The Balaban J connectivity index is 1.78. The monoisotopic (exact) mass is 277 g/mol. The SMILES string of the molecule is Nc1nc(Nc2nc(C3CC3)cs2)ccc1[N+](=O)[O-]. The van der Waals surface area contributed by atoms with Gasteiger partial charge in [-0.15, -0.1) is 11.3 Å². The first kappa shape index (κ1) is 11.8. The molecule has 0 aliphatic heterocycles. The minimum Gasteiger partial charge on any atom is -0.378 e. The third-order valence-electron chi connectivity index (χ3n) is 2.85. The zero-order valence-corrected chi connectivity index (χ0v) is 10.7. The van der Waals surface area contributed by atoms with Crippen LogP contribution in [0.2, 0.25) is 0 Å². The van der Waals surface area contributed by atoms with Crippen LogP contribution in [0.15, 0.2) is 17.5 Å². The van der Waals surface area contributed by atoms with Gasteiger partial charge >= 0.3 is 5.69 Å². The third kappa shape index (κ3) is 2.48. The molecule has 1 aliphatic carbocycles. The summed E-state index contributed by atoms with van der Waals surface area (Å²) in [4.78, 5) is 18.5. The minimum absolute atomic E-state index is 0.103. The van der Waals surface area contributed by atoms with Gasteiger partial charge in [-0.1, -0.05) is 0 Å². The van der Waals surface area contributed by atoms with Crippen molar-refractivity contribution in [2.24, 2.45) is 0 Å². The molecule has 2 aromatic heterocycles. The number of rotatable bonds is 4. The van der Waals surface area contributed by atoms with Crippen molar-refractivity contribution in [2.45, 2.75) is 18.8 Å². The largest absolute Gasteiger partial charge is 0.378 e. The van der Waals surface area contributed by atoms with Crippen LogP contribution in [0.4, 0.5) is 22.5 Å². The molecule has 7 nitrogen and oxygen atoms in total. The van der Waals surface area contributed by atoms with Gasteiger partial charge in [0.15, 0.2) is 5.13 Å². The molecule has 8 heteroatoms. The number of thiazole rings is 1. The zero-order chi connectivity index (χ0) is 13.4. The van der Waals surface area contributed by atoms with Crippen molar-refractivity contribution in [3.8, 4) is 0 Å². The first-order valence-corrected chi connectivity index (χ1v) is 6.65. The Morgan fingerprint density at radius 3 is 2.84 bits per heavy atom. The molecule has 0 bridgehead atoms. The second kappa shape index (κ2) is 4.47. The van der Waals surface area contributed by atoms with Gasteiger partial charge in [0.2, 0.25) is 5.82 Å². The maximum Gasteiger partial charge on any atom is 0.311 e. The Kier molecular flexibility index (Phi) is 2.79. The molecule has 2 aromatic rings. The van der Waals surface area contributed by atoms with E-state index in [1.807, 2.05) is 5.38 Å². The molecule has 1 fully saturated rings. The Morgan fingerprint density at radius 1 is 1.42 bits per heavy atom. The van der Waals surface area contributed by atoms with Gasteiger partial charge in [0.25, 0.3) is 0 Å². The third-order valence-corrected chi connectivity index (χ3v) is 3.63. The molecule has 3 rings (SSSR count). The second-order valence-electron chi connectivity index (χ2n) is 4.33. The van der Waals surface area contributed by atoms with Crippen LogP contribution in [0, 0.1) is 10.1 Å². The summed E-state index contributed by atoms with van der Waals surface area (Å²) in [6.07, 6.45) is 2.40. The molecule has 1 saturated carbocycles. The van der Waals surface area contributed by atoms with Crippen LogP contribution < -0.4 is 11.1 Å². The van der Waals surface area contributed by atoms with Gasteiger partial charge in [-0.3, -0.25) is 10.1 Å². The Morgan fingerprint density at radius 2 is 2.21 bits per heavy atom. The lowest BCUT2D eigenvalue weighted by atomic mass is 10.3. The average Bonchev–Trinajstić information content (AvgIpc) is 3.10. The highest BCUT2D eigenvalue weighted by molar-refractivity contribution is 7.13. The van der Waals surface area contributed by atoms with E-state index in [0.29, 0.717) is 11.7 Å². The summed E-state index contributed by atoms with van der Waals surface area (Å²) >= 11 is 1.49. The molecule has 19 heavy (non-hydrogen) atoms. The number of anilines is 3. The average molecular weight is 277 g/mol. The first-order chi connectivity index (χ1) is 9.13. The highest BCUT2D eigenvalue weighted by atomic mass is 32.1. The minimum atomic E-state index is -0.555. The lowest BCUT2D eigenvalue weighted by molar-refractivity contribution is -0.384. The number of pyridine rings is 1. The lowest BCUT2D eigenvalue weighted by Crippen LogP contribution is -2.01. The summed E-state index contributed by atoms with van der Waals surface area (Å²) in [5, 5.41) is 16.4. The molecular weight excluding hydrogens is 266 g/mol. The van der Waals surface area contributed by atoms with E-state index in [0.717, 1.165) is 10.8 Å². The van der Waals surface area contributed by atoms with Crippen molar-refractivity contribution in [1.29, 1.82) is 0 Å². The standard InChI is InChI=1S/C11H11N5O2S/c12-10-8(16(17)18)3-4-9(14-10)15-11-13-7(5-19-11)6-1-2-6/h3-6H,1-2H2,(H3,12,13,14,15). The molecule has 98 valence electrons. The van der Waals surface area contributed by atoms with Gasteiger partial charge < -0.3 is 11.1 Å². The highest BCUT2D eigenvalue weighted by Gasteiger charge is 2.26. The van der Waals surface area contributed by atoms with Crippen LogP contribution in [-0.2, 0) is 0 Å². The van der Waals surface area contributed by atoms with E-state index in [4.69, 9.17) is 5.73 Å². The molecular formula is C11H11N5O2S. The lowest BCUT2D eigenvalue weighted by Gasteiger charge is -2.02. The number of nitrogens with one attached hydrogen (secondary N) is 1. The molecule has 1 aliphatic rings. The van der Waals surface area contributed by atoms with Gasteiger partial charge in [0.1, 0.15) is 5.82 Å². The van der Waals surface area contributed by atoms with Crippen molar-refractivity contribution >= 4 is 33.8 Å². The first-order valence-electron chi connectivity index (χ1n) is 5.77. The van der Waals surface area contributed by atoms with Crippen LogP contribution in [0.1, 0.15) is 24.5 Å². The van der Waals surface area contributed by atoms with Crippen LogP contribution in [0.3, 0.4) is 0 Å². The molecule has 0 radical (unpaired) electrons. The van der Waals surface area contributed by atoms with Crippen molar-refractivity contribution in [3.05, 3.63) is 33.3 Å². The summed E-state index contributed by atoms with van der Waals surface area (Å²) in [6.45, 7) is 0. The van der Waals surface area contributed by atoms with Crippen LogP contribution in [-0.4, -0.2) is 14.9 Å². The molecule has 0 amide bonds. The highest BCUT2D eigenvalue weighted by Crippen LogP contribution is 2.41. The quantitative estimate of drug-likeness (QED) is 0.657. The van der Waals surface area contributed by atoms with Gasteiger partial charge in [-0.25, -0.2) is 9.97 Å². The fourth-order valence-electron chi connectivity index (χ4n) is 1.71. The van der Waals surface area contributed by atoms with Gasteiger partial charge in [0.05, 0.1) is 10.6 Å². The number of nitro groups is 1. The molecule has 2 heterocycles. The molecule has 3 N–H and O–H groups in total. The molecule has 0 atom stereocenters. The fourth-order valence-corrected chi connectivity index (χ4v) is 2.51. The topological polar surface area (TPSA) is 107 Å². The van der Waals surface area contributed by atoms with E-state index < -0.39 is 4.92 Å². The van der Waals surface area contributed by atoms with Crippen molar-refractivity contribution < 1.29 is 4.92 Å². The van der Waals surface area contributed by atoms with E-state index in [1.54, 1.807) is 0 Å². The summed E-state index contributed by atoms with van der Waals surface area (Å²) in [5.41, 5.74) is 6.44. The van der Waals surface area contributed by atoms with Crippen LogP contribution in [0.25, 0.3) is 0 Å². The Hall–Kier alpha value is -2.22. The normalized spacial score (nSPS) is 14.3. The predicted octanol–water partition coefficient (Wildman–Crippen LogP) is 2.65. The van der Waals surface area contributed by atoms with Crippen molar-refractivity contribution in [1.82, 2.24) is 9.97 Å². The van der Waals surface area contributed by atoms with E-state index in [-0.39, 0.29) is 11.5 Å². The van der Waals surface area contributed by atoms with Crippen molar-refractivity contribution in [2.75, 3.05) is 11.1 Å². The van der Waals surface area contributed by atoms with Gasteiger partial charge in [0, 0.05) is 17.4 Å². The summed E-state index contributed by atoms with van der Waals surface area (Å²) in [7, 11) is 0. The summed E-state index contributed by atoms with van der Waals surface area (Å²) in [6, 6.07) is 2.85. The predicted molar refractivity (Wildman–Crippen MR) is 72.7 cm³/mol. The number of hydrogen-bond acceptors (Lipinski definition) is 7. The number of nitrogens with two attached hydrogens (primary N) is 1. The number of nitrogens with zero attached hydrogens (tertiary/aromatic N) is 3. The Bertz CT molecular complexity index is 638. The maximum atomic E-state index is 10.6.